The van der Waals surface area contributed by atoms with Crippen LogP contribution in [-0.4, -0.2) is 52.9 Å². The quantitative estimate of drug-likeness (QED) is 0.791. The van der Waals surface area contributed by atoms with Crippen molar-refractivity contribution in [1.82, 2.24) is 4.90 Å². The molecule has 0 radical (unpaired) electrons. The lowest BCUT2D eigenvalue weighted by atomic mass is 9.77. The van der Waals surface area contributed by atoms with Crippen molar-refractivity contribution in [1.29, 1.82) is 0 Å². The van der Waals surface area contributed by atoms with Crippen molar-refractivity contribution in [3.8, 4) is 5.75 Å². The van der Waals surface area contributed by atoms with Crippen molar-refractivity contribution in [2.24, 2.45) is 0 Å². The average molecular weight is 396 g/mol. The monoisotopic (exact) mass is 395 g/mol. The Hall–Kier alpha value is -0.720. The Morgan fingerprint density at radius 1 is 1.27 bits per heavy atom. The highest BCUT2D eigenvalue weighted by Gasteiger charge is 2.62. The summed E-state index contributed by atoms with van der Waals surface area (Å²) in [6.45, 7) is 1.17. The highest BCUT2D eigenvalue weighted by atomic mass is 35.5. The second-order valence-corrected chi connectivity index (χ2v) is 8.96. The molecule has 4 nitrogen and oxygen atoms in total. The van der Waals surface area contributed by atoms with Gasteiger partial charge in [-0.25, -0.2) is 0 Å². The second-order valence-electron chi connectivity index (χ2n) is 7.65. The smallest absolute Gasteiger partial charge is 0.175 e. The number of benzene rings is 1. The fourth-order valence-corrected chi connectivity index (χ4v) is 6.73. The van der Waals surface area contributed by atoms with Gasteiger partial charge in [0.2, 0.25) is 0 Å². The summed E-state index contributed by atoms with van der Waals surface area (Å²) in [5, 5.41) is 10.7. The maximum Gasteiger partial charge on any atom is 0.175 e. The summed E-state index contributed by atoms with van der Waals surface area (Å²) in [6.07, 6.45) is 7.07. The van der Waals surface area contributed by atoms with Gasteiger partial charge in [-0.1, -0.05) is 6.42 Å². The van der Waals surface area contributed by atoms with Crippen LogP contribution < -0.4 is 4.74 Å². The molecule has 0 aromatic heterocycles. The molecule has 0 amide bonds. The first-order valence-electron chi connectivity index (χ1n) is 9.33. The van der Waals surface area contributed by atoms with Crippen molar-refractivity contribution < 1.29 is 14.6 Å². The molecule has 1 saturated carbocycles. The number of aliphatic hydroxyl groups excluding tert-OH is 1. The lowest BCUT2D eigenvalue weighted by Crippen LogP contribution is -2.48. The van der Waals surface area contributed by atoms with Gasteiger partial charge in [-0.05, 0) is 68.1 Å². The molecular weight excluding hydrogens is 370 g/mol. The van der Waals surface area contributed by atoms with Crippen LogP contribution in [0.3, 0.4) is 0 Å². The van der Waals surface area contributed by atoms with E-state index in [0.29, 0.717) is 17.3 Å². The molecule has 3 heterocycles. The van der Waals surface area contributed by atoms with E-state index in [2.05, 4.69) is 17.0 Å². The highest BCUT2D eigenvalue weighted by Crippen LogP contribution is 2.57. The molecule has 3 fully saturated rings. The number of thioether (sulfide) groups is 1. The number of hydrogen-bond acceptors (Lipinski definition) is 5. The summed E-state index contributed by atoms with van der Waals surface area (Å²) in [5.74, 6) is 0.902. The van der Waals surface area contributed by atoms with E-state index in [0.717, 1.165) is 18.6 Å². The third kappa shape index (κ3) is 2.80. The molecule has 1 N–H and O–H groups in total. The molecule has 1 spiro atoms. The van der Waals surface area contributed by atoms with Crippen molar-refractivity contribution >= 4 is 24.2 Å². The Labute approximate surface area is 165 Å². The van der Waals surface area contributed by atoms with Crippen molar-refractivity contribution in [3.05, 3.63) is 35.9 Å². The van der Waals surface area contributed by atoms with Crippen LogP contribution in [0.2, 0.25) is 0 Å². The summed E-state index contributed by atoms with van der Waals surface area (Å²) in [7, 11) is 1.70. The van der Waals surface area contributed by atoms with Crippen molar-refractivity contribution in [2.75, 3.05) is 13.7 Å². The lowest BCUT2D eigenvalue weighted by molar-refractivity contribution is -0.139. The Morgan fingerprint density at radius 2 is 2.08 bits per heavy atom. The number of aliphatic hydroxyl groups is 1. The summed E-state index contributed by atoms with van der Waals surface area (Å²) in [6, 6.07) is 9.38. The zero-order valence-corrected chi connectivity index (χ0v) is 16.6. The average Bonchev–Trinajstić information content (AvgIpc) is 3.12. The van der Waals surface area contributed by atoms with E-state index in [1.165, 1.54) is 36.3 Å². The zero-order valence-electron chi connectivity index (χ0n) is 15.0. The first-order valence-corrected chi connectivity index (χ1v) is 10.2. The standard InChI is InChI=1S/C20H25NO3S.ClH/c1-23-14-5-7-15(8-6-14)25-17-10-13-11-19(22)24-20(13)12-16(17)21-9-3-2-4-18(20)21;/h5-8,11,16-19,22H,2-4,9-10,12H2,1H3;1H/t16-,17?,18+,19?,20-;/m0./s1. The first-order chi connectivity index (χ1) is 12.2. The predicted octanol–water partition coefficient (Wildman–Crippen LogP) is 3.62. The highest BCUT2D eigenvalue weighted by molar-refractivity contribution is 8.00. The van der Waals surface area contributed by atoms with Gasteiger partial charge in [0.05, 0.1) is 7.11 Å². The van der Waals surface area contributed by atoms with E-state index in [4.69, 9.17) is 9.47 Å². The van der Waals surface area contributed by atoms with E-state index < -0.39 is 6.29 Å². The van der Waals surface area contributed by atoms with Crippen LogP contribution >= 0.6 is 24.2 Å². The molecular formula is C20H26ClNO3S. The van der Waals surface area contributed by atoms with Gasteiger partial charge >= 0.3 is 0 Å². The van der Waals surface area contributed by atoms with Crippen LogP contribution in [0.4, 0.5) is 0 Å². The lowest BCUT2D eigenvalue weighted by Gasteiger charge is -2.38. The number of methoxy groups -OCH3 is 1. The summed E-state index contributed by atoms with van der Waals surface area (Å²) >= 11 is 1.97. The maximum absolute atomic E-state index is 10.2. The van der Waals surface area contributed by atoms with Gasteiger partial charge in [0, 0.05) is 22.2 Å². The molecule has 1 aliphatic carbocycles. The van der Waals surface area contributed by atoms with Gasteiger partial charge in [-0.15, -0.1) is 24.2 Å². The van der Waals surface area contributed by atoms with Gasteiger partial charge in [-0.2, -0.15) is 0 Å². The minimum atomic E-state index is -0.720. The minimum absolute atomic E-state index is 0. The van der Waals surface area contributed by atoms with Crippen molar-refractivity contribution in [3.63, 3.8) is 0 Å². The Bertz CT molecular complexity index is 697. The molecule has 6 heteroatoms. The van der Waals surface area contributed by atoms with Crippen LogP contribution in [0.1, 0.15) is 32.1 Å². The summed E-state index contributed by atoms with van der Waals surface area (Å²) in [5.41, 5.74) is 1.14. The first kappa shape index (κ1) is 18.6. The van der Waals surface area contributed by atoms with E-state index in [1.54, 1.807) is 7.11 Å². The maximum atomic E-state index is 10.2. The summed E-state index contributed by atoms with van der Waals surface area (Å²) in [4.78, 5) is 3.99. The predicted molar refractivity (Wildman–Crippen MR) is 105 cm³/mol. The fourth-order valence-electron chi connectivity index (χ4n) is 5.41. The molecule has 26 heavy (non-hydrogen) atoms. The number of piperidine rings is 1. The molecule has 4 aliphatic rings. The van der Waals surface area contributed by atoms with E-state index in [-0.39, 0.29) is 18.0 Å². The molecule has 5 rings (SSSR count). The normalized spacial score (nSPS) is 38.2. The van der Waals surface area contributed by atoms with Gasteiger partial charge in [0.25, 0.3) is 0 Å². The van der Waals surface area contributed by atoms with Crippen molar-refractivity contribution in [2.45, 2.75) is 66.2 Å². The molecule has 1 aromatic carbocycles. The number of rotatable bonds is 3. The van der Waals surface area contributed by atoms with Gasteiger partial charge in [-0.3, -0.25) is 4.90 Å². The molecule has 2 saturated heterocycles. The third-order valence-corrected chi connectivity index (χ3v) is 7.76. The van der Waals surface area contributed by atoms with Crippen LogP contribution in [-0.2, 0) is 4.74 Å². The molecule has 142 valence electrons. The minimum Gasteiger partial charge on any atom is -0.497 e. The summed E-state index contributed by atoms with van der Waals surface area (Å²) < 4.78 is 11.4. The van der Waals surface area contributed by atoms with Crippen LogP contribution in [0.25, 0.3) is 0 Å². The number of hydrogen-bond donors (Lipinski definition) is 1. The Kier molecular flexibility index (Phi) is 5.03. The second kappa shape index (κ2) is 7.02. The molecule has 5 atom stereocenters. The number of fused-ring (bicyclic) bond motifs is 3. The van der Waals surface area contributed by atoms with E-state index in [1.807, 2.05) is 30.0 Å². The molecule has 2 unspecified atom stereocenters. The largest absolute Gasteiger partial charge is 0.497 e. The third-order valence-electron chi connectivity index (χ3n) is 6.44. The molecule has 2 bridgehead atoms. The number of nitrogens with zero attached hydrogens (tertiary/aromatic N) is 1. The van der Waals surface area contributed by atoms with Crippen LogP contribution in [0, 0.1) is 0 Å². The number of halogens is 1. The number of ether oxygens (including phenoxy) is 2. The zero-order chi connectivity index (χ0) is 17.0. The van der Waals surface area contributed by atoms with Gasteiger partial charge < -0.3 is 14.6 Å². The van der Waals surface area contributed by atoms with E-state index >= 15 is 0 Å². The van der Waals surface area contributed by atoms with Gasteiger partial charge in [0.1, 0.15) is 11.4 Å². The topological polar surface area (TPSA) is 41.9 Å². The Morgan fingerprint density at radius 3 is 2.85 bits per heavy atom. The Balaban J connectivity index is 0.00000168. The fraction of sp³-hybridized carbons (Fsp3) is 0.600. The van der Waals surface area contributed by atoms with Crippen LogP contribution in [0.5, 0.6) is 5.75 Å². The van der Waals surface area contributed by atoms with Gasteiger partial charge in [0.15, 0.2) is 6.29 Å². The van der Waals surface area contributed by atoms with Crippen LogP contribution in [0.15, 0.2) is 40.8 Å². The molecule has 1 aromatic rings. The SMILES string of the molecule is COc1ccc(SC2CC3=CC(O)O[C@@]34C[C@@H]2N2CCCC[C@@H]24)cc1.Cl. The molecule has 3 aliphatic heterocycles. The van der Waals surface area contributed by atoms with E-state index in [9.17, 15) is 5.11 Å².